The van der Waals surface area contributed by atoms with Crippen LogP contribution in [0.4, 0.5) is 0 Å². The van der Waals surface area contributed by atoms with Crippen molar-refractivity contribution in [1.82, 2.24) is 9.80 Å². The van der Waals surface area contributed by atoms with Crippen LogP contribution in [0.5, 0.6) is 17.2 Å². The fourth-order valence-electron chi connectivity index (χ4n) is 4.79. The van der Waals surface area contributed by atoms with Gasteiger partial charge in [0.1, 0.15) is 18.1 Å². The number of carbonyl (C=O) groups is 2. The minimum atomic E-state index is -0.781. The number of ketones is 1. The molecule has 2 aliphatic rings. The molecule has 0 radical (unpaired) electrons. The summed E-state index contributed by atoms with van der Waals surface area (Å²) >= 11 is 0. The minimum absolute atomic E-state index is 0.0355. The van der Waals surface area contributed by atoms with Gasteiger partial charge >= 0.3 is 0 Å². The number of methoxy groups -OCH3 is 2. The first kappa shape index (κ1) is 27.2. The molecular weight excluding hydrogens is 488 g/mol. The predicted molar refractivity (Wildman–Crippen MR) is 143 cm³/mol. The van der Waals surface area contributed by atoms with Crippen LogP contribution < -0.4 is 14.2 Å². The van der Waals surface area contributed by atoms with E-state index in [0.29, 0.717) is 61.2 Å². The number of hydrogen-bond donors (Lipinski definition) is 1. The first-order valence-corrected chi connectivity index (χ1v) is 12.6. The maximum absolute atomic E-state index is 13.3. The second-order valence-corrected chi connectivity index (χ2v) is 9.04. The van der Waals surface area contributed by atoms with Crippen LogP contribution in [0, 0.1) is 0 Å². The van der Waals surface area contributed by atoms with Crippen molar-refractivity contribution in [2.24, 2.45) is 0 Å². The number of likely N-dealkylation sites (tertiary alicyclic amines) is 1. The van der Waals surface area contributed by atoms with E-state index in [-0.39, 0.29) is 11.3 Å². The number of rotatable bonds is 11. The molecule has 2 aromatic carbocycles. The zero-order valence-electron chi connectivity index (χ0n) is 21.9. The third-order valence-corrected chi connectivity index (χ3v) is 6.74. The monoisotopic (exact) mass is 522 g/mol. The van der Waals surface area contributed by atoms with Gasteiger partial charge in [0.2, 0.25) is 0 Å². The van der Waals surface area contributed by atoms with Crippen molar-refractivity contribution in [2.45, 2.75) is 12.5 Å². The highest BCUT2D eigenvalue weighted by Gasteiger charge is 2.46. The van der Waals surface area contributed by atoms with Gasteiger partial charge in [0.15, 0.2) is 11.5 Å². The normalized spacial score (nSPS) is 19.4. The van der Waals surface area contributed by atoms with Gasteiger partial charge in [0, 0.05) is 31.7 Å². The summed E-state index contributed by atoms with van der Waals surface area (Å²) in [5.74, 6) is -0.0151. The third-order valence-electron chi connectivity index (χ3n) is 6.74. The topological polar surface area (TPSA) is 97.8 Å². The van der Waals surface area contributed by atoms with E-state index in [1.807, 2.05) is 0 Å². The number of hydrogen-bond acceptors (Lipinski definition) is 8. The molecule has 1 atom stereocenters. The van der Waals surface area contributed by atoms with Crippen LogP contribution >= 0.6 is 0 Å². The second-order valence-electron chi connectivity index (χ2n) is 9.04. The van der Waals surface area contributed by atoms with Crippen molar-refractivity contribution >= 4 is 17.4 Å². The molecule has 1 N–H and O–H groups in total. The molecule has 38 heavy (non-hydrogen) atoms. The molecule has 9 nitrogen and oxygen atoms in total. The molecule has 202 valence electrons. The molecule has 0 bridgehead atoms. The third kappa shape index (κ3) is 5.84. The molecule has 0 saturated carbocycles. The maximum Gasteiger partial charge on any atom is 0.295 e. The van der Waals surface area contributed by atoms with Crippen molar-refractivity contribution < 1.29 is 33.6 Å². The Labute approximate surface area is 222 Å². The molecule has 0 spiro atoms. The molecule has 2 saturated heterocycles. The number of aliphatic hydroxyl groups excluding tert-OH is 1. The lowest BCUT2D eigenvalue weighted by atomic mass is 9.95. The Morgan fingerprint density at radius 2 is 1.76 bits per heavy atom. The van der Waals surface area contributed by atoms with Crippen molar-refractivity contribution in [3.63, 3.8) is 0 Å². The molecule has 2 fully saturated rings. The summed E-state index contributed by atoms with van der Waals surface area (Å²) in [6, 6.07) is 11.2. The summed E-state index contributed by atoms with van der Waals surface area (Å²) in [6.45, 7) is 8.16. The highest BCUT2D eigenvalue weighted by Crippen LogP contribution is 2.42. The van der Waals surface area contributed by atoms with Gasteiger partial charge in [-0.1, -0.05) is 18.7 Å². The Bertz CT molecular complexity index is 1190. The number of aliphatic hydroxyl groups is 1. The van der Waals surface area contributed by atoms with Gasteiger partial charge in [0.25, 0.3) is 11.7 Å². The van der Waals surface area contributed by atoms with Crippen LogP contribution in [0.3, 0.4) is 0 Å². The van der Waals surface area contributed by atoms with Crippen LogP contribution in [-0.2, 0) is 14.3 Å². The summed E-state index contributed by atoms with van der Waals surface area (Å²) in [6.07, 6.45) is 2.31. The van der Waals surface area contributed by atoms with Gasteiger partial charge in [-0.2, -0.15) is 0 Å². The second kappa shape index (κ2) is 12.6. The number of ether oxygens (including phenoxy) is 4. The summed E-state index contributed by atoms with van der Waals surface area (Å²) in [5, 5.41) is 11.3. The average Bonchev–Trinajstić information content (AvgIpc) is 3.21. The molecule has 2 aromatic rings. The SMILES string of the molecule is C=CCOc1ccc(/C(O)=C2/C(=O)C(=O)N(CCCN3CCOCC3)C2c2ccc(OC)c(OC)c2)cc1. The van der Waals surface area contributed by atoms with E-state index in [2.05, 4.69) is 11.5 Å². The Morgan fingerprint density at radius 1 is 1.05 bits per heavy atom. The molecule has 2 heterocycles. The summed E-state index contributed by atoms with van der Waals surface area (Å²) in [7, 11) is 3.06. The Kier molecular flexibility index (Phi) is 9.04. The Morgan fingerprint density at radius 3 is 2.42 bits per heavy atom. The lowest BCUT2D eigenvalue weighted by molar-refractivity contribution is -0.140. The number of morpholine rings is 1. The summed E-state index contributed by atoms with van der Waals surface area (Å²) in [4.78, 5) is 30.4. The van der Waals surface area contributed by atoms with Crippen LogP contribution in [0.2, 0.25) is 0 Å². The van der Waals surface area contributed by atoms with Crippen molar-refractivity contribution in [3.05, 3.63) is 71.8 Å². The molecular formula is C29H34N2O7. The molecule has 2 aliphatic heterocycles. The van der Waals surface area contributed by atoms with E-state index in [1.165, 1.54) is 19.1 Å². The van der Waals surface area contributed by atoms with Gasteiger partial charge in [-0.25, -0.2) is 0 Å². The number of nitrogens with zero attached hydrogens (tertiary/aromatic N) is 2. The number of Topliss-reactive ketones (excluding diaryl/α,β-unsaturated/α-hetero) is 1. The number of benzene rings is 2. The number of amides is 1. The van der Waals surface area contributed by atoms with Crippen molar-refractivity contribution in [2.75, 3.05) is 60.2 Å². The Hall–Kier alpha value is -3.82. The van der Waals surface area contributed by atoms with Gasteiger partial charge in [0.05, 0.1) is 39.0 Å². The van der Waals surface area contributed by atoms with Crippen LogP contribution in [-0.4, -0.2) is 86.8 Å². The molecule has 0 aromatic heterocycles. The van der Waals surface area contributed by atoms with E-state index in [9.17, 15) is 14.7 Å². The maximum atomic E-state index is 13.3. The van der Waals surface area contributed by atoms with Gasteiger partial charge < -0.3 is 29.0 Å². The molecule has 9 heteroatoms. The lowest BCUT2D eigenvalue weighted by Crippen LogP contribution is -2.38. The summed E-state index contributed by atoms with van der Waals surface area (Å²) in [5.41, 5.74) is 1.09. The van der Waals surface area contributed by atoms with Gasteiger partial charge in [-0.05, 0) is 48.4 Å². The largest absolute Gasteiger partial charge is 0.507 e. The molecule has 0 aliphatic carbocycles. The van der Waals surface area contributed by atoms with E-state index < -0.39 is 17.7 Å². The van der Waals surface area contributed by atoms with E-state index in [1.54, 1.807) is 48.5 Å². The average molecular weight is 523 g/mol. The van der Waals surface area contributed by atoms with Gasteiger partial charge in [-0.3, -0.25) is 14.5 Å². The minimum Gasteiger partial charge on any atom is -0.507 e. The Balaban J connectivity index is 1.69. The molecule has 1 unspecified atom stereocenters. The van der Waals surface area contributed by atoms with Crippen molar-refractivity contribution in [1.29, 1.82) is 0 Å². The van der Waals surface area contributed by atoms with E-state index >= 15 is 0 Å². The number of carbonyl (C=O) groups excluding carboxylic acids is 2. The highest BCUT2D eigenvalue weighted by atomic mass is 16.5. The molecule has 4 rings (SSSR count). The van der Waals surface area contributed by atoms with Gasteiger partial charge in [-0.15, -0.1) is 0 Å². The fourth-order valence-corrected chi connectivity index (χ4v) is 4.79. The highest BCUT2D eigenvalue weighted by molar-refractivity contribution is 6.46. The zero-order chi connectivity index (χ0) is 27.1. The first-order valence-electron chi connectivity index (χ1n) is 12.6. The fraction of sp³-hybridized carbons (Fsp3) is 0.379. The van der Waals surface area contributed by atoms with E-state index in [4.69, 9.17) is 18.9 Å². The first-order chi connectivity index (χ1) is 18.5. The van der Waals surface area contributed by atoms with Crippen molar-refractivity contribution in [3.8, 4) is 17.2 Å². The smallest absolute Gasteiger partial charge is 0.295 e. The molecule has 1 amide bonds. The zero-order valence-corrected chi connectivity index (χ0v) is 21.9. The quantitative estimate of drug-likeness (QED) is 0.208. The van der Waals surface area contributed by atoms with E-state index in [0.717, 1.165) is 19.6 Å². The van der Waals surface area contributed by atoms with Crippen LogP contribution in [0.25, 0.3) is 5.76 Å². The predicted octanol–water partition coefficient (Wildman–Crippen LogP) is 3.41. The van der Waals surface area contributed by atoms with Crippen LogP contribution in [0.1, 0.15) is 23.6 Å². The lowest BCUT2D eigenvalue weighted by Gasteiger charge is -2.29. The summed E-state index contributed by atoms with van der Waals surface area (Å²) < 4.78 is 21.8. The standard InChI is InChI=1S/C29H34N2O7/c1-4-16-38-22-9-6-20(7-10-22)27(32)25-26(21-8-11-23(35-2)24(19-21)36-3)31(29(34)28(25)33)13-5-12-30-14-17-37-18-15-30/h4,6-11,19,26,32H,1,5,12-18H2,2-3H3/b27-25-. The van der Waals surface area contributed by atoms with Crippen LogP contribution in [0.15, 0.2) is 60.7 Å².